The molecule has 4 aromatic heterocycles. The van der Waals surface area contributed by atoms with E-state index in [1.54, 1.807) is 0 Å². The minimum absolute atomic E-state index is 0. The van der Waals surface area contributed by atoms with Gasteiger partial charge in [-0.15, -0.1) is 58.7 Å². The first-order valence-electron chi connectivity index (χ1n) is 26.1. The van der Waals surface area contributed by atoms with E-state index in [4.69, 9.17) is 9.97 Å². The van der Waals surface area contributed by atoms with Gasteiger partial charge in [0.1, 0.15) is 0 Å². The van der Waals surface area contributed by atoms with Crippen molar-refractivity contribution in [2.45, 2.75) is 10.8 Å². The second-order valence-electron chi connectivity index (χ2n) is 20.5. The molecule has 0 unspecified atom stereocenters. The molecule has 4 aliphatic carbocycles. The summed E-state index contributed by atoms with van der Waals surface area (Å²) in [7, 11) is 0. The molecule has 14 aromatic rings. The summed E-state index contributed by atoms with van der Waals surface area (Å²) in [5.74, 6) is 0. The zero-order valence-electron chi connectivity index (χ0n) is 41.4. The summed E-state index contributed by atoms with van der Waals surface area (Å²) in [6, 6.07) is 95.4. The second-order valence-corrected chi connectivity index (χ2v) is 20.5. The van der Waals surface area contributed by atoms with Crippen LogP contribution in [0.1, 0.15) is 44.5 Å². The Kier molecular flexibility index (Phi) is 9.39. The Labute approximate surface area is 459 Å². The molecule has 5 heteroatoms. The van der Waals surface area contributed by atoms with E-state index in [9.17, 15) is 0 Å². The zero-order chi connectivity index (χ0) is 49.7. The van der Waals surface area contributed by atoms with Crippen LogP contribution in [0.3, 0.4) is 0 Å². The molecule has 0 fully saturated rings. The Morgan fingerprint density at radius 1 is 0.299 bits per heavy atom. The van der Waals surface area contributed by atoms with Crippen LogP contribution >= 0.6 is 0 Å². The number of rotatable bonds is 2. The summed E-state index contributed by atoms with van der Waals surface area (Å²) >= 11 is 0. The summed E-state index contributed by atoms with van der Waals surface area (Å²) in [6.45, 7) is 0. The normalized spacial score (nSPS) is 13.8. The number of fused-ring (bicyclic) bond motifs is 26. The fraction of sp³-hybridized carbons (Fsp3) is 0.0278. The third kappa shape index (κ3) is 5.65. The SMILES string of the molecule is [Pt+2].[c-]1cc(-n2c3ccccc3c3ccccc32)cc2c1-c1ncccc1C21c2ccccc2-c2ccccc21.[c-]1cc(-n2c3ccccc3c3ccccc32)cc2c1-c1ncccc1C21c2ccccc2-c2ccccc21. The van der Waals surface area contributed by atoms with Crippen LogP contribution in [0.25, 0.3) is 99.8 Å². The van der Waals surface area contributed by atoms with Crippen LogP contribution in [0.15, 0.2) is 255 Å². The van der Waals surface area contributed by atoms with E-state index in [0.717, 1.165) is 33.9 Å². The number of benzene rings is 10. The van der Waals surface area contributed by atoms with Crippen molar-refractivity contribution in [1.29, 1.82) is 0 Å². The first-order chi connectivity index (χ1) is 37.7. The molecule has 10 aromatic carbocycles. The molecule has 4 nitrogen and oxygen atoms in total. The van der Waals surface area contributed by atoms with Crippen molar-refractivity contribution in [3.05, 3.63) is 312 Å². The molecule has 0 saturated carbocycles. The van der Waals surface area contributed by atoms with Gasteiger partial charge in [0.05, 0.1) is 0 Å². The maximum Gasteiger partial charge on any atom is 2.00 e. The van der Waals surface area contributed by atoms with Gasteiger partial charge in [-0.25, -0.2) is 0 Å². The summed E-state index contributed by atoms with van der Waals surface area (Å²) in [5, 5.41) is 5.05. The third-order valence-corrected chi connectivity index (χ3v) is 17.1. The Hall–Kier alpha value is -9.21. The second kappa shape index (κ2) is 16.4. The van der Waals surface area contributed by atoms with Gasteiger partial charge in [0.15, 0.2) is 0 Å². The maximum absolute atomic E-state index is 4.92. The molecule has 0 atom stereocenters. The van der Waals surface area contributed by atoms with Crippen LogP contribution in [0.2, 0.25) is 0 Å². The third-order valence-electron chi connectivity index (χ3n) is 17.1. The molecule has 0 amide bonds. The van der Waals surface area contributed by atoms with Crippen molar-refractivity contribution >= 4 is 43.6 Å². The molecule has 4 heterocycles. The number of hydrogen-bond acceptors (Lipinski definition) is 2. The smallest absolute Gasteiger partial charge is 0.351 e. The van der Waals surface area contributed by atoms with E-state index in [0.29, 0.717) is 0 Å². The molecule has 77 heavy (non-hydrogen) atoms. The fourth-order valence-corrected chi connectivity index (χ4v) is 14.3. The Morgan fingerprint density at radius 2 is 0.584 bits per heavy atom. The van der Waals surface area contributed by atoms with Crippen molar-refractivity contribution in [1.82, 2.24) is 19.1 Å². The average molecular weight is 1160 g/mol. The Morgan fingerprint density at radius 3 is 0.922 bits per heavy atom. The quantitative estimate of drug-likeness (QED) is 0.162. The Balaban J connectivity index is 0.000000128. The predicted molar refractivity (Wildman–Crippen MR) is 307 cm³/mol. The molecule has 0 radical (unpaired) electrons. The van der Waals surface area contributed by atoms with Gasteiger partial charge >= 0.3 is 21.1 Å². The van der Waals surface area contributed by atoms with Crippen molar-refractivity contribution < 1.29 is 21.1 Å². The van der Waals surface area contributed by atoms with Crippen LogP contribution in [0, 0.1) is 12.1 Å². The van der Waals surface area contributed by atoms with Crippen molar-refractivity contribution in [2.75, 3.05) is 0 Å². The van der Waals surface area contributed by atoms with Crippen LogP contribution in [0.5, 0.6) is 0 Å². The van der Waals surface area contributed by atoms with E-state index in [1.807, 2.05) is 12.4 Å². The van der Waals surface area contributed by atoms with Gasteiger partial charge in [-0.1, -0.05) is 193 Å². The molecular weight excluding hydrogens is 1120 g/mol. The van der Waals surface area contributed by atoms with E-state index in [2.05, 4.69) is 264 Å². The van der Waals surface area contributed by atoms with Gasteiger partial charge in [-0.2, -0.15) is 0 Å². The van der Waals surface area contributed by atoms with Crippen LogP contribution in [0.4, 0.5) is 0 Å². The van der Waals surface area contributed by atoms with Crippen LogP contribution < -0.4 is 0 Å². The molecule has 0 saturated heterocycles. The largest absolute Gasteiger partial charge is 2.00 e. The summed E-state index contributed by atoms with van der Waals surface area (Å²) in [4.78, 5) is 9.84. The average Bonchev–Trinajstić information content (AvgIpc) is 3.93. The van der Waals surface area contributed by atoms with Gasteiger partial charge in [0, 0.05) is 66.8 Å². The van der Waals surface area contributed by atoms with Crippen molar-refractivity contribution in [2.24, 2.45) is 0 Å². The maximum atomic E-state index is 4.92. The summed E-state index contributed by atoms with van der Waals surface area (Å²) < 4.78 is 4.77. The van der Waals surface area contributed by atoms with Crippen LogP contribution in [-0.2, 0) is 31.9 Å². The van der Waals surface area contributed by atoms with E-state index >= 15 is 0 Å². The summed E-state index contributed by atoms with van der Waals surface area (Å²) in [5.41, 5.74) is 25.9. The van der Waals surface area contributed by atoms with E-state index in [1.165, 1.54) is 110 Å². The van der Waals surface area contributed by atoms with Gasteiger partial charge < -0.3 is 19.1 Å². The summed E-state index contributed by atoms with van der Waals surface area (Å²) in [6.07, 6.45) is 3.81. The minimum atomic E-state index is -0.419. The first kappa shape index (κ1) is 44.1. The van der Waals surface area contributed by atoms with Crippen LogP contribution in [-0.4, -0.2) is 19.1 Å². The van der Waals surface area contributed by atoms with Gasteiger partial charge in [-0.05, 0) is 104 Å². The minimum Gasteiger partial charge on any atom is -0.351 e. The van der Waals surface area contributed by atoms with Crippen molar-refractivity contribution in [3.63, 3.8) is 0 Å². The predicted octanol–water partition coefficient (Wildman–Crippen LogP) is 16.6. The monoisotopic (exact) mass is 1160 g/mol. The molecule has 0 aliphatic heterocycles. The van der Waals surface area contributed by atoms with Gasteiger partial charge in [-0.3, -0.25) is 0 Å². The molecule has 2 spiro atoms. The molecule has 18 rings (SSSR count). The number of para-hydroxylation sites is 4. The molecule has 0 bridgehead atoms. The molecule has 4 aliphatic rings. The number of pyridine rings is 2. The van der Waals surface area contributed by atoms with E-state index < -0.39 is 10.8 Å². The number of aromatic nitrogens is 4. The van der Waals surface area contributed by atoms with Gasteiger partial charge in [0.2, 0.25) is 0 Å². The topological polar surface area (TPSA) is 35.6 Å². The molecule has 360 valence electrons. The number of nitrogens with zero attached hydrogens (tertiary/aromatic N) is 4. The number of hydrogen-bond donors (Lipinski definition) is 0. The standard InChI is InChI=1S/2C36H21N2.Pt/c2*1-5-14-29-24(10-1)25-11-2-6-15-30(25)36(29)31-16-9-21-37-35(31)28-20-19-23(22-32(28)36)38-33-17-7-3-12-26(33)27-13-4-8-18-34(27)38;/h2*1-19,21-22H;/q2*-1;+2. The van der Waals surface area contributed by atoms with Crippen molar-refractivity contribution in [3.8, 4) is 56.1 Å². The fourth-order valence-electron chi connectivity index (χ4n) is 14.3. The molecule has 0 N–H and O–H groups in total. The molecular formula is C72H42N4Pt. The van der Waals surface area contributed by atoms with Gasteiger partial charge in [0.25, 0.3) is 0 Å². The zero-order valence-corrected chi connectivity index (χ0v) is 43.6. The Bertz CT molecular complexity index is 4270. The first-order valence-corrected chi connectivity index (χ1v) is 26.1. The van der Waals surface area contributed by atoms with E-state index in [-0.39, 0.29) is 21.1 Å².